The Kier molecular flexibility index (Phi) is 6.06. The first-order valence-electron chi connectivity index (χ1n) is 11.1. The number of hydrogen-bond acceptors (Lipinski definition) is 4. The van der Waals surface area contributed by atoms with Crippen LogP contribution in [0.4, 0.5) is 30.2 Å². The number of alkyl halides is 3. The Bertz CT molecular complexity index is 923. The van der Waals surface area contributed by atoms with Crippen LogP contribution in [0.5, 0.6) is 5.75 Å². The summed E-state index contributed by atoms with van der Waals surface area (Å²) in [6.45, 7) is 4.70. The van der Waals surface area contributed by atoms with E-state index in [-0.39, 0.29) is 11.3 Å². The molecule has 0 aliphatic carbocycles. The molecule has 4 nitrogen and oxygen atoms in total. The Morgan fingerprint density at radius 2 is 1.84 bits per heavy atom. The van der Waals surface area contributed by atoms with Crippen LogP contribution in [0.2, 0.25) is 0 Å². The zero-order valence-electron chi connectivity index (χ0n) is 17.9. The summed E-state index contributed by atoms with van der Waals surface area (Å²) in [5.74, 6) is -0.0980. The second-order valence-corrected chi connectivity index (χ2v) is 8.62. The van der Waals surface area contributed by atoms with Gasteiger partial charge >= 0.3 is 6.18 Å². The van der Waals surface area contributed by atoms with E-state index in [4.69, 9.17) is 0 Å². The van der Waals surface area contributed by atoms with E-state index in [1.807, 2.05) is 29.2 Å². The number of halogens is 3. The molecule has 31 heavy (non-hydrogen) atoms. The second-order valence-electron chi connectivity index (χ2n) is 8.62. The van der Waals surface area contributed by atoms with Crippen molar-refractivity contribution in [1.29, 1.82) is 0 Å². The first-order valence-corrected chi connectivity index (χ1v) is 11.1. The molecule has 0 aromatic heterocycles. The summed E-state index contributed by atoms with van der Waals surface area (Å²) in [4.78, 5) is 1.90. The third-order valence-electron chi connectivity index (χ3n) is 6.57. The van der Waals surface area contributed by atoms with Crippen molar-refractivity contribution < 1.29 is 18.3 Å². The first-order chi connectivity index (χ1) is 14.9. The van der Waals surface area contributed by atoms with E-state index in [0.29, 0.717) is 38.2 Å². The second kappa shape index (κ2) is 8.61. The van der Waals surface area contributed by atoms with Gasteiger partial charge in [-0.1, -0.05) is 31.9 Å². The number of hydrogen-bond donors (Lipinski definition) is 3. The highest BCUT2D eigenvalue weighted by Crippen LogP contribution is 2.56. The number of nitrogens with zero attached hydrogens (tertiary/aromatic N) is 1. The zero-order valence-corrected chi connectivity index (χ0v) is 17.9. The van der Waals surface area contributed by atoms with Crippen LogP contribution in [0, 0.1) is 0 Å². The first kappa shape index (κ1) is 21.8. The van der Waals surface area contributed by atoms with Gasteiger partial charge in [0, 0.05) is 18.5 Å². The fourth-order valence-electron chi connectivity index (χ4n) is 5.06. The molecule has 4 rings (SSSR count). The molecular weight excluding hydrogens is 403 g/mol. The summed E-state index contributed by atoms with van der Waals surface area (Å²) in [6, 6.07) is 9.92. The highest BCUT2D eigenvalue weighted by molar-refractivity contribution is 5.85. The lowest BCUT2D eigenvalue weighted by atomic mass is 9.73. The van der Waals surface area contributed by atoms with Crippen molar-refractivity contribution in [3.8, 4) is 5.75 Å². The van der Waals surface area contributed by atoms with Crippen molar-refractivity contribution in [3.05, 3.63) is 47.5 Å². The molecule has 2 aromatic rings. The topological polar surface area (TPSA) is 47.5 Å². The number of rotatable bonds is 6. The normalized spacial score (nSPS) is 17.7. The molecule has 2 aliphatic rings. The summed E-state index contributed by atoms with van der Waals surface area (Å²) in [5.41, 5.74) is 0.983. The maximum absolute atomic E-state index is 14.0. The standard InChI is InChI=1S/C24H30F3N3O/c1-2-3-6-13-29-18-7-4-5-8-19(18)30-16-23(11-14-28-15-12-23)21-17(24(25,26)27)9-10-20(31)22(21)30/h4-5,7-10,28-29,31H,2-3,6,11-16H2,1H3. The summed E-state index contributed by atoms with van der Waals surface area (Å²) >= 11 is 0. The molecule has 0 radical (unpaired) electrons. The van der Waals surface area contributed by atoms with E-state index in [2.05, 4.69) is 17.6 Å². The number of nitrogens with one attached hydrogen (secondary N) is 2. The average Bonchev–Trinajstić information content (AvgIpc) is 3.06. The Balaban J connectivity index is 1.81. The van der Waals surface area contributed by atoms with Crippen LogP contribution < -0.4 is 15.5 Å². The smallest absolute Gasteiger partial charge is 0.416 e. The van der Waals surface area contributed by atoms with E-state index in [1.165, 1.54) is 6.07 Å². The number of fused-ring (bicyclic) bond motifs is 2. The molecule has 2 aliphatic heterocycles. The molecule has 0 saturated carbocycles. The monoisotopic (exact) mass is 433 g/mol. The number of para-hydroxylation sites is 2. The number of unbranched alkanes of at least 4 members (excludes halogenated alkanes) is 2. The van der Waals surface area contributed by atoms with Crippen LogP contribution in [0.15, 0.2) is 36.4 Å². The van der Waals surface area contributed by atoms with Gasteiger partial charge in [-0.3, -0.25) is 0 Å². The third-order valence-corrected chi connectivity index (χ3v) is 6.57. The van der Waals surface area contributed by atoms with Gasteiger partial charge in [-0.25, -0.2) is 0 Å². The molecule has 1 saturated heterocycles. The number of piperidine rings is 1. The molecule has 1 spiro atoms. The molecule has 2 aromatic carbocycles. The van der Waals surface area contributed by atoms with Crippen molar-refractivity contribution in [2.75, 3.05) is 36.4 Å². The molecule has 1 fully saturated rings. The van der Waals surface area contributed by atoms with Crippen LogP contribution in [-0.2, 0) is 11.6 Å². The van der Waals surface area contributed by atoms with E-state index in [0.717, 1.165) is 43.2 Å². The van der Waals surface area contributed by atoms with Gasteiger partial charge in [0.15, 0.2) is 0 Å². The van der Waals surface area contributed by atoms with Crippen LogP contribution in [-0.4, -0.2) is 31.3 Å². The van der Waals surface area contributed by atoms with Gasteiger partial charge in [0.1, 0.15) is 5.75 Å². The highest BCUT2D eigenvalue weighted by atomic mass is 19.4. The van der Waals surface area contributed by atoms with Crippen LogP contribution in [0.3, 0.4) is 0 Å². The molecule has 0 bridgehead atoms. The van der Waals surface area contributed by atoms with Crippen LogP contribution in [0.1, 0.15) is 50.2 Å². The predicted molar refractivity (Wildman–Crippen MR) is 118 cm³/mol. The maximum Gasteiger partial charge on any atom is 0.416 e. The quantitative estimate of drug-likeness (QED) is 0.505. The van der Waals surface area contributed by atoms with Gasteiger partial charge < -0.3 is 20.6 Å². The number of phenols is 1. The van der Waals surface area contributed by atoms with Crippen molar-refractivity contribution in [2.45, 2.75) is 50.6 Å². The Morgan fingerprint density at radius 1 is 1.10 bits per heavy atom. The van der Waals surface area contributed by atoms with Crippen molar-refractivity contribution in [1.82, 2.24) is 5.32 Å². The summed E-state index contributed by atoms with van der Waals surface area (Å²) < 4.78 is 42.1. The largest absolute Gasteiger partial charge is 0.506 e. The minimum absolute atomic E-state index is 0.0980. The molecule has 0 amide bonds. The average molecular weight is 434 g/mol. The van der Waals surface area contributed by atoms with Gasteiger partial charge in [0.2, 0.25) is 0 Å². The number of aromatic hydroxyl groups is 1. The predicted octanol–water partition coefficient (Wildman–Crippen LogP) is 5.79. The highest BCUT2D eigenvalue weighted by Gasteiger charge is 2.51. The summed E-state index contributed by atoms with van der Waals surface area (Å²) in [5, 5.41) is 17.5. The Labute approximate surface area is 181 Å². The summed E-state index contributed by atoms with van der Waals surface area (Å²) in [7, 11) is 0. The van der Waals surface area contributed by atoms with Gasteiger partial charge in [0.05, 0.1) is 22.6 Å². The lowest BCUT2D eigenvalue weighted by Gasteiger charge is -2.36. The number of phenolic OH excluding ortho intramolecular Hbond substituents is 1. The SMILES string of the molecule is CCCCCNc1ccccc1N1CC2(CCNCC2)c2c(C(F)(F)F)ccc(O)c21. The molecule has 7 heteroatoms. The molecule has 168 valence electrons. The molecular formula is C24H30F3N3O. The van der Waals surface area contributed by atoms with Crippen molar-refractivity contribution in [2.24, 2.45) is 0 Å². The third kappa shape index (κ3) is 4.07. The number of anilines is 3. The van der Waals surface area contributed by atoms with E-state index >= 15 is 0 Å². The fraction of sp³-hybridized carbons (Fsp3) is 0.500. The minimum Gasteiger partial charge on any atom is -0.506 e. The van der Waals surface area contributed by atoms with E-state index in [9.17, 15) is 18.3 Å². The van der Waals surface area contributed by atoms with E-state index < -0.39 is 17.2 Å². The summed E-state index contributed by atoms with van der Waals surface area (Å²) in [6.07, 6.45) is 0.00930. The fourth-order valence-corrected chi connectivity index (χ4v) is 5.06. The maximum atomic E-state index is 14.0. The van der Waals surface area contributed by atoms with Gasteiger partial charge in [-0.05, 0) is 62.2 Å². The Morgan fingerprint density at radius 3 is 2.55 bits per heavy atom. The van der Waals surface area contributed by atoms with Crippen molar-refractivity contribution in [3.63, 3.8) is 0 Å². The van der Waals surface area contributed by atoms with Crippen LogP contribution >= 0.6 is 0 Å². The Hall–Kier alpha value is -2.41. The van der Waals surface area contributed by atoms with E-state index in [1.54, 1.807) is 0 Å². The molecule has 0 atom stereocenters. The molecule has 2 heterocycles. The minimum atomic E-state index is -4.47. The van der Waals surface area contributed by atoms with Crippen molar-refractivity contribution >= 4 is 17.1 Å². The molecule has 3 N–H and O–H groups in total. The lowest BCUT2D eigenvalue weighted by Crippen LogP contribution is -2.43. The number of benzene rings is 2. The van der Waals surface area contributed by atoms with Gasteiger partial charge in [-0.2, -0.15) is 13.2 Å². The van der Waals surface area contributed by atoms with Gasteiger partial charge in [0.25, 0.3) is 0 Å². The van der Waals surface area contributed by atoms with Gasteiger partial charge in [-0.15, -0.1) is 0 Å². The molecule has 0 unspecified atom stereocenters. The van der Waals surface area contributed by atoms with Crippen LogP contribution in [0.25, 0.3) is 0 Å². The zero-order chi connectivity index (χ0) is 22.1. The lowest BCUT2D eigenvalue weighted by molar-refractivity contribution is -0.138.